The molecule has 7 aromatic rings. The van der Waals surface area contributed by atoms with Crippen LogP contribution in [0.1, 0.15) is 5.56 Å². The van der Waals surface area contributed by atoms with Gasteiger partial charge in [0.15, 0.2) is 5.69 Å². The molecule has 0 aromatic heterocycles. The van der Waals surface area contributed by atoms with E-state index in [4.69, 9.17) is 6.57 Å². The standard InChI is InChI=1S/C40H24N2/c1-42-34-20-16-29(17-21-34)33-19-23-36-38(25-33)40(31-10-6-3-7-11-31)37-24-32(28-14-12-27(26-41)13-15-28)18-22-35(37)39(36)30-8-4-2-5-9-30/h2-25H. The van der Waals surface area contributed by atoms with Gasteiger partial charge in [0.25, 0.3) is 0 Å². The summed E-state index contributed by atoms with van der Waals surface area (Å²) >= 11 is 0. The molecule has 0 amide bonds. The molecule has 0 aliphatic carbocycles. The zero-order chi connectivity index (χ0) is 28.5. The van der Waals surface area contributed by atoms with Gasteiger partial charge >= 0.3 is 0 Å². The van der Waals surface area contributed by atoms with E-state index in [1.165, 1.54) is 38.2 Å². The quantitative estimate of drug-likeness (QED) is 0.164. The molecular weight excluding hydrogens is 508 g/mol. The average Bonchev–Trinajstić information content (AvgIpc) is 3.07. The number of hydrogen-bond donors (Lipinski definition) is 0. The summed E-state index contributed by atoms with van der Waals surface area (Å²) in [5.41, 5.74) is 10.4. The fourth-order valence-electron chi connectivity index (χ4n) is 5.88. The molecule has 0 radical (unpaired) electrons. The fourth-order valence-corrected chi connectivity index (χ4v) is 5.88. The third-order valence-electron chi connectivity index (χ3n) is 7.92. The number of nitrogens with zero attached hydrogens (tertiary/aromatic N) is 2. The second-order valence-corrected chi connectivity index (χ2v) is 10.4. The predicted octanol–water partition coefficient (Wildman–Crippen LogP) is 11.1. The lowest BCUT2D eigenvalue weighted by Crippen LogP contribution is -1.92. The zero-order valence-electron chi connectivity index (χ0n) is 22.8. The van der Waals surface area contributed by atoms with Gasteiger partial charge in [0, 0.05) is 0 Å². The van der Waals surface area contributed by atoms with Gasteiger partial charge in [-0.2, -0.15) is 5.26 Å². The molecule has 0 saturated carbocycles. The van der Waals surface area contributed by atoms with E-state index in [0.717, 1.165) is 27.8 Å². The first kappa shape index (κ1) is 25.0. The molecule has 42 heavy (non-hydrogen) atoms. The topological polar surface area (TPSA) is 28.1 Å². The second kappa shape index (κ2) is 10.5. The summed E-state index contributed by atoms with van der Waals surface area (Å²) in [6.45, 7) is 7.34. The summed E-state index contributed by atoms with van der Waals surface area (Å²) in [5.74, 6) is 0. The van der Waals surface area contributed by atoms with E-state index >= 15 is 0 Å². The molecule has 0 aliphatic heterocycles. The molecule has 0 heterocycles. The molecule has 0 bridgehead atoms. The normalized spacial score (nSPS) is 10.8. The maximum absolute atomic E-state index is 9.31. The SMILES string of the molecule is [C-]#[N+]c1ccc(-c2ccc3c(-c4ccccc4)c4ccc(-c5ccc(C#N)cc5)cc4c(-c4ccccc4)c3c2)cc1. The van der Waals surface area contributed by atoms with E-state index in [9.17, 15) is 5.26 Å². The van der Waals surface area contributed by atoms with Gasteiger partial charge in [-0.25, -0.2) is 4.85 Å². The summed E-state index contributed by atoms with van der Waals surface area (Å²) in [5, 5.41) is 14.1. The molecular formula is C40H24N2. The van der Waals surface area contributed by atoms with Gasteiger partial charge < -0.3 is 0 Å². The number of hydrogen-bond acceptors (Lipinski definition) is 1. The van der Waals surface area contributed by atoms with Crippen LogP contribution in [0, 0.1) is 17.9 Å². The monoisotopic (exact) mass is 532 g/mol. The van der Waals surface area contributed by atoms with Crippen molar-refractivity contribution < 1.29 is 0 Å². The minimum Gasteiger partial charge on any atom is -0.238 e. The van der Waals surface area contributed by atoms with Crippen molar-refractivity contribution in [2.75, 3.05) is 0 Å². The van der Waals surface area contributed by atoms with Crippen LogP contribution in [0.3, 0.4) is 0 Å². The van der Waals surface area contributed by atoms with Crippen LogP contribution in [0.2, 0.25) is 0 Å². The van der Waals surface area contributed by atoms with Crippen LogP contribution in [0.5, 0.6) is 0 Å². The first-order valence-electron chi connectivity index (χ1n) is 13.9. The highest BCUT2D eigenvalue weighted by Crippen LogP contribution is 2.45. The third-order valence-corrected chi connectivity index (χ3v) is 7.92. The van der Waals surface area contributed by atoms with Crippen molar-refractivity contribution in [2.24, 2.45) is 0 Å². The first-order chi connectivity index (χ1) is 20.7. The van der Waals surface area contributed by atoms with Crippen LogP contribution in [-0.4, -0.2) is 0 Å². The van der Waals surface area contributed by atoms with Crippen LogP contribution in [0.4, 0.5) is 5.69 Å². The number of benzene rings is 7. The molecule has 0 atom stereocenters. The first-order valence-corrected chi connectivity index (χ1v) is 13.9. The van der Waals surface area contributed by atoms with Gasteiger partial charge in [0.1, 0.15) is 0 Å². The maximum atomic E-state index is 9.31. The van der Waals surface area contributed by atoms with Crippen molar-refractivity contribution in [2.45, 2.75) is 0 Å². The van der Waals surface area contributed by atoms with Gasteiger partial charge in [0.2, 0.25) is 0 Å². The lowest BCUT2D eigenvalue weighted by molar-refractivity contribution is 1.48. The predicted molar refractivity (Wildman–Crippen MR) is 174 cm³/mol. The summed E-state index contributed by atoms with van der Waals surface area (Å²) in [7, 11) is 0. The summed E-state index contributed by atoms with van der Waals surface area (Å²) in [6, 6.07) is 52.5. The highest BCUT2D eigenvalue weighted by Gasteiger charge is 2.18. The van der Waals surface area contributed by atoms with E-state index in [1.807, 2.05) is 48.5 Å². The van der Waals surface area contributed by atoms with Crippen molar-refractivity contribution in [3.8, 4) is 50.6 Å². The van der Waals surface area contributed by atoms with E-state index in [0.29, 0.717) is 11.3 Å². The molecule has 0 unspecified atom stereocenters. The smallest absolute Gasteiger partial charge is 0.187 e. The Bertz CT molecular complexity index is 2050. The molecule has 194 valence electrons. The Labute approximate surface area is 245 Å². The van der Waals surface area contributed by atoms with Crippen molar-refractivity contribution in [3.05, 3.63) is 163 Å². The van der Waals surface area contributed by atoms with Crippen LogP contribution in [-0.2, 0) is 0 Å². The second-order valence-electron chi connectivity index (χ2n) is 10.4. The van der Waals surface area contributed by atoms with Gasteiger partial charge in [-0.05, 0) is 90.3 Å². The fraction of sp³-hybridized carbons (Fsp3) is 0. The number of nitriles is 1. The summed E-state index contributed by atoms with van der Waals surface area (Å²) < 4.78 is 0. The number of fused-ring (bicyclic) bond motifs is 2. The van der Waals surface area contributed by atoms with Gasteiger partial charge in [0.05, 0.1) is 18.2 Å². The molecule has 0 N–H and O–H groups in total. The highest BCUT2D eigenvalue weighted by molar-refractivity contribution is 6.22. The van der Waals surface area contributed by atoms with Crippen LogP contribution in [0.25, 0.3) is 70.9 Å². The highest BCUT2D eigenvalue weighted by atomic mass is 14.6. The van der Waals surface area contributed by atoms with E-state index < -0.39 is 0 Å². The Morgan fingerprint density at radius 3 is 1.31 bits per heavy atom. The largest absolute Gasteiger partial charge is 0.238 e. The Kier molecular flexibility index (Phi) is 6.29. The van der Waals surface area contributed by atoms with Crippen molar-refractivity contribution in [1.82, 2.24) is 0 Å². The van der Waals surface area contributed by atoms with Gasteiger partial charge in [-0.15, -0.1) is 0 Å². The Balaban J connectivity index is 1.60. The van der Waals surface area contributed by atoms with Gasteiger partial charge in [-0.3, -0.25) is 0 Å². The van der Waals surface area contributed by atoms with Crippen LogP contribution < -0.4 is 0 Å². The minimum atomic E-state index is 0.636. The summed E-state index contributed by atoms with van der Waals surface area (Å²) in [4.78, 5) is 3.57. The van der Waals surface area contributed by atoms with Crippen LogP contribution >= 0.6 is 0 Å². The molecule has 0 aliphatic rings. The Hall–Kier alpha value is -5.96. The molecule has 0 fully saturated rings. The third kappa shape index (κ3) is 4.39. The molecule has 2 nitrogen and oxygen atoms in total. The molecule has 2 heteroatoms. The molecule has 0 saturated heterocycles. The van der Waals surface area contributed by atoms with E-state index in [2.05, 4.69) is 108 Å². The van der Waals surface area contributed by atoms with Gasteiger partial charge in [-0.1, -0.05) is 121 Å². The zero-order valence-corrected chi connectivity index (χ0v) is 22.8. The van der Waals surface area contributed by atoms with E-state index in [1.54, 1.807) is 0 Å². The van der Waals surface area contributed by atoms with Crippen molar-refractivity contribution >= 4 is 27.2 Å². The average molecular weight is 533 g/mol. The van der Waals surface area contributed by atoms with Crippen molar-refractivity contribution in [3.63, 3.8) is 0 Å². The lowest BCUT2D eigenvalue weighted by atomic mass is 9.84. The van der Waals surface area contributed by atoms with Crippen molar-refractivity contribution in [1.29, 1.82) is 5.26 Å². The lowest BCUT2D eigenvalue weighted by Gasteiger charge is -2.19. The summed E-state index contributed by atoms with van der Waals surface area (Å²) in [6.07, 6.45) is 0. The number of rotatable bonds is 4. The van der Waals surface area contributed by atoms with E-state index in [-0.39, 0.29) is 0 Å². The Morgan fingerprint density at radius 2 is 0.857 bits per heavy atom. The molecule has 0 spiro atoms. The molecule has 7 aromatic carbocycles. The van der Waals surface area contributed by atoms with Crippen LogP contribution in [0.15, 0.2) is 146 Å². The Morgan fingerprint density at radius 1 is 0.429 bits per heavy atom. The maximum Gasteiger partial charge on any atom is 0.187 e. The minimum absolute atomic E-state index is 0.636. The molecule has 7 rings (SSSR count).